The first-order chi connectivity index (χ1) is 7.97. The maximum absolute atomic E-state index is 10.5. The van der Waals surface area contributed by atoms with Crippen LogP contribution in [-0.4, -0.2) is 44.7 Å². The Bertz CT molecular complexity index is 392. The molecular weight excluding hydrogens is 240 g/mol. The van der Waals surface area contributed by atoms with Crippen LogP contribution in [0.2, 0.25) is 0 Å². The molecule has 0 fully saturated rings. The first kappa shape index (κ1) is 13.8. The average molecular weight is 258 g/mol. The van der Waals surface area contributed by atoms with E-state index in [4.69, 9.17) is 5.11 Å². The van der Waals surface area contributed by atoms with Gasteiger partial charge < -0.3 is 10.0 Å². The van der Waals surface area contributed by atoms with Crippen molar-refractivity contribution in [2.75, 3.05) is 17.7 Å². The van der Waals surface area contributed by atoms with Crippen molar-refractivity contribution >= 4 is 23.7 Å². The molecule has 0 bridgehead atoms. The lowest BCUT2D eigenvalue weighted by atomic mass is 10.4. The third-order valence-electron chi connectivity index (χ3n) is 2.43. The van der Waals surface area contributed by atoms with Crippen LogP contribution in [0.3, 0.4) is 0 Å². The molecule has 1 rings (SSSR count). The second kappa shape index (κ2) is 5.90. The maximum atomic E-state index is 10.5. The van der Waals surface area contributed by atoms with Crippen molar-refractivity contribution in [1.29, 1.82) is 0 Å². The van der Waals surface area contributed by atoms with Gasteiger partial charge in [-0.1, -0.05) is 11.8 Å². The fourth-order valence-electron chi connectivity index (χ4n) is 1.28. The molecular formula is C10H18N4O2S. The number of carboxylic acids is 1. The molecule has 7 heteroatoms. The third-order valence-corrected chi connectivity index (χ3v) is 3.38. The van der Waals surface area contributed by atoms with E-state index in [1.165, 1.54) is 11.8 Å². The molecule has 0 spiro atoms. The van der Waals surface area contributed by atoms with Crippen molar-refractivity contribution in [1.82, 2.24) is 14.8 Å². The summed E-state index contributed by atoms with van der Waals surface area (Å²) in [5.74, 6) is -0.0708. The monoisotopic (exact) mass is 258 g/mol. The molecule has 0 aliphatic heterocycles. The van der Waals surface area contributed by atoms with Gasteiger partial charge in [-0.15, -0.1) is 10.2 Å². The fourth-order valence-corrected chi connectivity index (χ4v) is 2.00. The lowest BCUT2D eigenvalue weighted by molar-refractivity contribution is -0.133. The third kappa shape index (κ3) is 3.36. The summed E-state index contributed by atoms with van der Waals surface area (Å²) in [6.07, 6.45) is 0. The highest BCUT2D eigenvalue weighted by Gasteiger charge is 2.17. The van der Waals surface area contributed by atoms with Crippen molar-refractivity contribution in [3.8, 4) is 0 Å². The van der Waals surface area contributed by atoms with Gasteiger partial charge in [-0.05, 0) is 20.8 Å². The van der Waals surface area contributed by atoms with E-state index in [0.29, 0.717) is 11.2 Å². The highest BCUT2D eigenvalue weighted by atomic mass is 32.2. The summed E-state index contributed by atoms with van der Waals surface area (Å²) in [5, 5.41) is 17.4. The summed E-state index contributed by atoms with van der Waals surface area (Å²) in [5.41, 5.74) is 0. The van der Waals surface area contributed by atoms with Gasteiger partial charge in [0.25, 0.3) is 0 Å². The minimum atomic E-state index is -0.848. The zero-order chi connectivity index (χ0) is 13.0. The number of anilines is 1. The number of carboxylic acid groups (broad SMARTS) is 1. The molecule has 96 valence electrons. The maximum Gasteiger partial charge on any atom is 0.313 e. The van der Waals surface area contributed by atoms with E-state index in [9.17, 15) is 4.79 Å². The van der Waals surface area contributed by atoms with E-state index in [2.05, 4.69) is 24.0 Å². The van der Waals surface area contributed by atoms with Crippen LogP contribution in [0, 0.1) is 0 Å². The normalized spacial score (nSPS) is 10.9. The second-order valence-corrected chi connectivity index (χ2v) is 4.86. The van der Waals surface area contributed by atoms with Gasteiger partial charge in [0.1, 0.15) is 0 Å². The zero-order valence-electron chi connectivity index (χ0n) is 10.5. The number of hydrogen-bond acceptors (Lipinski definition) is 5. The predicted octanol–water partition coefficient (Wildman–Crippen LogP) is 1.32. The Morgan fingerprint density at radius 2 is 2.18 bits per heavy atom. The lowest BCUT2D eigenvalue weighted by Crippen LogP contribution is -2.28. The Morgan fingerprint density at radius 3 is 2.65 bits per heavy atom. The lowest BCUT2D eigenvalue weighted by Gasteiger charge is -2.22. The van der Waals surface area contributed by atoms with Crippen LogP contribution in [0.4, 0.5) is 5.95 Å². The number of aromatic nitrogens is 3. The van der Waals surface area contributed by atoms with Crippen LogP contribution in [-0.2, 0) is 11.3 Å². The summed E-state index contributed by atoms with van der Waals surface area (Å²) in [6.45, 7) is 6.85. The summed E-state index contributed by atoms with van der Waals surface area (Å²) in [4.78, 5) is 12.5. The van der Waals surface area contributed by atoms with Gasteiger partial charge in [-0.2, -0.15) is 0 Å². The Kier molecular flexibility index (Phi) is 4.80. The van der Waals surface area contributed by atoms with E-state index in [1.54, 1.807) is 0 Å². The molecule has 0 saturated heterocycles. The van der Waals surface area contributed by atoms with E-state index in [-0.39, 0.29) is 5.75 Å². The predicted molar refractivity (Wildman–Crippen MR) is 67.6 cm³/mol. The molecule has 17 heavy (non-hydrogen) atoms. The molecule has 0 unspecified atom stereocenters. The second-order valence-electron chi connectivity index (χ2n) is 3.91. The van der Waals surface area contributed by atoms with Gasteiger partial charge >= 0.3 is 5.97 Å². The minimum Gasteiger partial charge on any atom is -0.481 e. The van der Waals surface area contributed by atoms with E-state index in [0.717, 1.165) is 12.5 Å². The Morgan fingerprint density at radius 1 is 1.53 bits per heavy atom. The summed E-state index contributed by atoms with van der Waals surface area (Å²) in [6, 6.07) is 0.321. The fraction of sp³-hybridized carbons (Fsp3) is 0.700. The van der Waals surface area contributed by atoms with E-state index < -0.39 is 5.97 Å². The summed E-state index contributed by atoms with van der Waals surface area (Å²) >= 11 is 1.19. The van der Waals surface area contributed by atoms with Crippen LogP contribution >= 0.6 is 11.8 Å². The Labute approximate surface area is 105 Å². The SMILES string of the molecule is CCn1c(SCC(=O)O)nnc1N(C)C(C)C. The van der Waals surface area contributed by atoms with Gasteiger partial charge in [0.05, 0.1) is 5.75 Å². The van der Waals surface area contributed by atoms with E-state index in [1.807, 2.05) is 23.4 Å². The molecule has 1 heterocycles. The largest absolute Gasteiger partial charge is 0.481 e. The number of aliphatic carboxylic acids is 1. The van der Waals surface area contributed by atoms with Crippen LogP contribution in [0.5, 0.6) is 0 Å². The topological polar surface area (TPSA) is 71.2 Å². The van der Waals surface area contributed by atoms with Gasteiger partial charge in [-0.25, -0.2) is 0 Å². The molecule has 0 saturated carbocycles. The number of hydrogen-bond donors (Lipinski definition) is 1. The first-order valence-corrected chi connectivity index (χ1v) is 6.46. The van der Waals surface area contributed by atoms with Crippen LogP contribution < -0.4 is 4.90 Å². The zero-order valence-corrected chi connectivity index (χ0v) is 11.4. The molecule has 0 aliphatic carbocycles. The molecule has 1 N–H and O–H groups in total. The molecule has 0 aliphatic rings. The number of carbonyl (C=O) groups is 1. The van der Waals surface area contributed by atoms with Gasteiger partial charge in [0, 0.05) is 19.6 Å². The van der Waals surface area contributed by atoms with Crippen LogP contribution in [0.1, 0.15) is 20.8 Å². The van der Waals surface area contributed by atoms with Crippen LogP contribution in [0.25, 0.3) is 0 Å². The molecule has 1 aromatic heterocycles. The Balaban J connectivity index is 2.90. The standard InChI is InChI=1S/C10H18N4O2S/c1-5-14-9(13(4)7(2)3)11-12-10(14)17-6-8(15)16/h7H,5-6H2,1-4H3,(H,15,16). The summed E-state index contributed by atoms with van der Waals surface area (Å²) in [7, 11) is 1.95. The molecule has 1 aromatic rings. The molecule has 6 nitrogen and oxygen atoms in total. The summed E-state index contributed by atoms with van der Waals surface area (Å²) < 4.78 is 1.92. The minimum absolute atomic E-state index is 0.00350. The first-order valence-electron chi connectivity index (χ1n) is 5.48. The molecule has 0 aromatic carbocycles. The van der Waals surface area contributed by atoms with Crippen molar-refractivity contribution in [2.24, 2.45) is 0 Å². The molecule has 0 amide bonds. The van der Waals surface area contributed by atoms with E-state index >= 15 is 0 Å². The van der Waals surface area contributed by atoms with Gasteiger partial charge in [0.15, 0.2) is 5.16 Å². The van der Waals surface area contributed by atoms with Gasteiger partial charge in [0.2, 0.25) is 5.95 Å². The number of nitrogens with zero attached hydrogens (tertiary/aromatic N) is 4. The smallest absolute Gasteiger partial charge is 0.313 e. The number of thioether (sulfide) groups is 1. The average Bonchev–Trinajstić information content (AvgIpc) is 2.67. The Hall–Kier alpha value is -1.24. The van der Waals surface area contributed by atoms with Crippen molar-refractivity contribution < 1.29 is 9.90 Å². The molecule has 0 atom stereocenters. The highest BCUT2D eigenvalue weighted by Crippen LogP contribution is 2.22. The van der Waals surface area contributed by atoms with Crippen molar-refractivity contribution in [2.45, 2.75) is 38.5 Å². The van der Waals surface area contributed by atoms with Gasteiger partial charge in [-0.3, -0.25) is 9.36 Å². The van der Waals surface area contributed by atoms with Crippen molar-refractivity contribution in [3.63, 3.8) is 0 Å². The van der Waals surface area contributed by atoms with Crippen LogP contribution in [0.15, 0.2) is 5.16 Å². The molecule has 0 radical (unpaired) electrons. The number of rotatable bonds is 6. The van der Waals surface area contributed by atoms with Crippen molar-refractivity contribution in [3.05, 3.63) is 0 Å². The quantitative estimate of drug-likeness (QED) is 0.776. The highest BCUT2D eigenvalue weighted by molar-refractivity contribution is 7.99.